The predicted molar refractivity (Wildman–Crippen MR) is 76.4 cm³/mol. The Morgan fingerprint density at radius 2 is 1.59 bits per heavy atom. The largest absolute Gasteiger partial charge is 0.307 e. The quantitative estimate of drug-likeness (QED) is 0.739. The van der Waals surface area contributed by atoms with Crippen LogP contribution in [0.5, 0.6) is 0 Å². The third kappa shape index (κ3) is 4.74. The smallest absolute Gasteiger partial charge is 0.0294 e. The fourth-order valence-corrected chi connectivity index (χ4v) is 1.73. The summed E-state index contributed by atoms with van der Waals surface area (Å²) in [5.41, 5.74) is 4.13. The minimum Gasteiger partial charge on any atom is -0.307 e. The fraction of sp³-hybridized carbons (Fsp3) is 0.500. The molecule has 0 aliphatic carbocycles. The lowest BCUT2D eigenvalue weighted by atomic mass is 9.99. The zero-order valence-electron chi connectivity index (χ0n) is 11.7. The summed E-state index contributed by atoms with van der Waals surface area (Å²) in [4.78, 5) is 0. The number of hydrogen-bond donors (Lipinski definition) is 1. The van der Waals surface area contributed by atoms with Crippen LogP contribution in [-0.4, -0.2) is 6.54 Å². The monoisotopic (exact) mass is 231 g/mol. The summed E-state index contributed by atoms with van der Waals surface area (Å²) in [6.45, 7) is 11.9. The van der Waals surface area contributed by atoms with E-state index >= 15 is 0 Å². The molecule has 0 amide bonds. The Balaban J connectivity index is 2.57. The number of allylic oxidation sites excluding steroid dienone is 1. The molecule has 1 unspecified atom stereocenters. The van der Waals surface area contributed by atoms with E-state index in [0.29, 0.717) is 12.0 Å². The van der Waals surface area contributed by atoms with E-state index in [-0.39, 0.29) is 0 Å². The van der Waals surface area contributed by atoms with Crippen LogP contribution in [0.15, 0.2) is 35.9 Å². The Bertz CT molecular complexity index is 356. The second-order valence-electron chi connectivity index (χ2n) is 5.23. The Morgan fingerprint density at radius 1 is 1.06 bits per heavy atom. The highest BCUT2D eigenvalue weighted by Gasteiger charge is 2.04. The summed E-state index contributed by atoms with van der Waals surface area (Å²) in [6.07, 6.45) is 2.22. The van der Waals surface area contributed by atoms with Crippen molar-refractivity contribution in [2.75, 3.05) is 6.54 Å². The first-order valence-electron chi connectivity index (χ1n) is 6.47. The van der Waals surface area contributed by atoms with E-state index in [9.17, 15) is 0 Å². The summed E-state index contributed by atoms with van der Waals surface area (Å²) in [5, 5.41) is 3.50. The molecule has 0 fully saturated rings. The molecule has 1 aromatic carbocycles. The summed E-state index contributed by atoms with van der Waals surface area (Å²) in [7, 11) is 0. The second kappa shape index (κ2) is 6.61. The van der Waals surface area contributed by atoms with Crippen LogP contribution in [0, 0.1) is 0 Å². The van der Waals surface area contributed by atoms with E-state index in [0.717, 1.165) is 6.54 Å². The van der Waals surface area contributed by atoms with Crippen LogP contribution in [0.2, 0.25) is 0 Å². The van der Waals surface area contributed by atoms with Crippen LogP contribution in [0.4, 0.5) is 0 Å². The fourth-order valence-electron chi connectivity index (χ4n) is 1.73. The molecule has 1 rings (SSSR count). The summed E-state index contributed by atoms with van der Waals surface area (Å²) in [6, 6.07) is 9.34. The van der Waals surface area contributed by atoms with Gasteiger partial charge in [-0.05, 0) is 37.8 Å². The maximum atomic E-state index is 3.50. The van der Waals surface area contributed by atoms with Crippen LogP contribution in [0.3, 0.4) is 0 Å². The first-order chi connectivity index (χ1) is 8.00. The van der Waals surface area contributed by atoms with Gasteiger partial charge in [-0.2, -0.15) is 0 Å². The first kappa shape index (κ1) is 14.0. The molecule has 0 aromatic heterocycles. The number of nitrogens with one attached hydrogen (secondary N) is 1. The van der Waals surface area contributed by atoms with Gasteiger partial charge < -0.3 is 5.32 Å². The lowest BCUT2D eigenvalue weighted by Gasteiger charge is -2.14. The number of hydrogen-bond acceptors (Lipinski definition) is 1. The number of benzene rings is 1. The van der Waals surface area contributed by atoms with Crippen molar-refractivity contribution in [3.8, 4) is 0 Å². The highest BCUT2D eigenvalue weighted by Crippen LogP contribution is 2.18. The van der Waals surface area contributed by atoms with Gasteiger partial charge in [0.15, 0.2) is 0 Å². The van der Waals surface area contributed by atoms with E-state index in [1.165, 1.54) is 16.7 Å². The van der Waals surface area contributed by atoms with Gasteiger partial charge in [-0.1, -0.05) is 49.8 Å². The predicted octanol–water partition coefficient (Wildman–Crippen LogP) is 4.43. The maximum absolute atomic E-state index is 3.50. The SMILES string of the molecule is CC(C)=CCNC(C)c1ccc(C(C)C)cc1. The van der Waals surface area contributed by atoms with Crippen molar-refractivity contribution in [3.05, 3.63) is 47.0 Å². The van der Waals surface area contributed by atoms with Crippen molar-refractivity contribution >= 4 is 0 Å². The molecule has 0 spiro atoms. The minimum atomic E-state index is 0.409. The zero-order valence-corrected chi connectivity index (χ0v) is 11.7. The van der Waals surface area contributed by atoms with Crippen molar-refractivity contribution in [3.63, 3.8) is 0 Å². The molecular formula is C16H25N. The standard InChI is InChI=1S/C16H25N/c1-12(2)10-11-17-14(5)16-8-6-15(7-9-16)13(3)4/h6-10,13-14,17H,11H2,1-5H3. The van der Waals surface area contributed by atoms with Crippen molar-refractivity contribution in [2.45, 2.75) is 46.6 Å². The van der Waals surface area contributed by atoms with Gasteiger partial charge >= 0.3 is 0 Å². The molecule has 0 aliphatic heterocycles. The molecule has 0 radical (unpaired) electrons. The van der Waals surface area contributed by atoms with Gasteiger partial charge in [-0.15, -0.1) is 0 Å². The minimum absolute atomic E-state index is 0.409. The highest BCUT2D eigenvalue weighted by molar-refractivity contribution is 5.26. The van der Waals surface area contributed by atoms with Gasteiger partial charge in [0.05, 0.1) is 0 Å². The molecule has 17 heavy (non-hydrogen) atoms. The molecule has 0 saturated carbocycles. The molecule has 1 N–H and O–H groups in total. The molecule has 0 aliphatic rings. The lowest BCUT2D eigenvalue weighted by molar-refractivity contribution is 0.615. The van der Waals surface area contributed by atoms with E-state index in [1.807, 2.05) is 0 Å². The van der Waals surface area contributed by atoms with Gasteiger partial charge in [-0.3, -0.25) is 0 Å². The van der Waals surface area contributed by atoms with Crippen LogP contribution in [0.25, 0.3) is 0 Å². The average molecular weight is 231 g/mol. The molecule has 1 heteroatoms. The third-order valence-corrected chi connectivity index (χ3v) is 3.04. The van der Waals surface area contributed by atoms with Gasteiger partial charge in [0.1, 0.15) is 0 Å². The van der Waals surface area contributed by atoms with Crippen LogP contribution in [-0.2, 0) is 0 Å². The van der Waals surface area contributed by atoms with E-state index in [2.05, 4.69) is 70.3 Å². The second-order valence-corrected chi connectivity index (χ2v) is 5.23. The van der Waals surface area contributed by atoms with Gasteiger partial charge in [0.25, 0.3) is 0 Å². The summed E-state index contributed by atoms with van der Waals surface area (Å²) >= 11 is 0. The van der Waals surface area contributed by atoms with Crippen LogP contribution >= 0.6 is 0 Å². The lowest BCUT2D eigenvalue weighted by Crippen LogP contribution is -2.18. The highest BCUT2D eigenvalue weighted by atomic mass is 14.9. The van der Waals surface area contributed by atoms with Crippen molar-refractivity contribution in [1.29, 1.82) is 0 Å². The summed E-state index contributed by atoms with van der Waals surface area (Å²) in [5.74, 6) is 0.609. The Morgan fingerprint density at radius 3 is 2.06 bits per heavy atom. The van der Waals surface area contributed by atoms with E-state index in [4.69, 9.17) is 0 Å². The van der Waals surface area contributed by atoms with Gasteiger partial charge in [-0.25, -0.2) is 0 Å². The zero-order chi connectivity index (χ0) is 12.8. The average Bonchev–Trinajstić information content (AvgIpc) is 2.28. The van der Waals surface area contributed by atoms with Gasteiger partial charge in [0, 0.05) is 12.6 Å². The molecule has 94 valence electrons. The van der Waals surface area contributed by atoms with Crippen molar-refractivity contribution in [1.82, 2.24) is 5.32 Å². The van der Waals surface area contributed by atoms with Crippen molar-refractivity contribution in [2.24, 2.45) is 0 Å². The molecule has 1 aromatic rings. The molecule has 0 bridgehead atoms. The maximum Gasteiger partial charge on any atom is 0.0294 e. The van der Waals surface area contributed by atoms with E-state index in [1.54, 1.807) is 0 Å². The molecule has 1 nitrogen and oxygen atoms in total. The van der Waals surface area contributed by atoms with Gasteiger partial charge in [0.2, 0.25) is 0 Å². The topological polar surface area (TPSA) is 12.0 Å². The third-order valence-electron chi connectivity index (χ3n) is 3.04. The Labute approximate surface area is 106 Å². The Kier molecular flexibility index (Phi) is 5.43. The van der Waals surface area contributed by atoms with E-state index < -0.39 is 0 Å². The molecular weight excluding hydrogens is 206 g/mol. The first-order valence-corrected chi connectivity index (χ1v) is 6.47. The molecule has 0 saturated heterocycles. The normalized spacial score (nSPS) is 12.6. The Hall–Kier alpha value is -1.08. The van der Waals surface area contributed by atoms with Crippen LogP contribution in [0.1, 0.15) is 57.7 Å². The molecule has 0 heterocycles. The van der Waals surface area contributed by atoms with Crippen molar-refractivity contribution < 1.29 is 0 Å². The summed E-state index contributed by atoms with van der Waals surface area (Å²) < 4.78 is 0. The number of rotatable bonds is 5. The van der Waals surface area contributed by atoms with Crippen LogP contribution < -0.4 is 5.32 Å². The molecule has 1 atom stereocenters.